The standard InChI is InChI=1S/C10H9ClO/c1-7-4-5-12-10-3-2-8(11)6-9(7)10/h2-4,6H,5H2,1H3. The lowest BCUT2D eigenvalue weighted by Gasteiger charge is -2.15. The summed E-state index contributed by atoms with van der Waals surface area (Å²) in [4.78, 5) is 0. The number of halogens is 1. The second-order valence-electron chi connectivity index (χ2n) is 2.84. The molecule has 12 heavy (non-hydrogen) atoms. The molecule has 1 aromatic rings. The first-order valence-corrected chi connectivity index (χ1v) is 4.24. The quantitative estimate of drug-likeness (QED) is 0.596. The Morgan fingerprint density at radius 2 is 2.25 bits per heavy atom. The molecule has 0 saturated heterocycles. The number of rotatable bonds is 0. The monoisotopic (exact) mass is 180 g/mol. The third-order valence-electron chi connectivity index (χ3n) is 1.99. The molecule has 0 atom stereocenters. The number of fused-ring (bicyclic) bond motifs is 1. The molecule has 0 saturated carbocycles. The average molecular weight is 181 g/mol. The Labute approximate surface area is 76.6 Å². The third-order valence-corrected chi connectivity index (χ3v) is 2.23. The number of allylic oxidation sites excluding steroid dienone is 1. The lowest BCUT2D eigenvalue weighted by atomic mass is 10.0. The van der Waals surface area contributed by atoms with Crippen molar-refractivity contribution >= 4 is 17.2 Å². The molecule has 1 aromatic carbocycles. The average Bonchev–Trinajstić information content (AvgIpc) is 2.07. The van der Waals surface area contributed by atoms with Crippen LogP contribution in [-0.4, -0.2) is 6.61 Å². The van der Waals surface area contributed by atoms with E-state index in [4.69, 9.17) is 16.3 Å². The molecule has 0 radical (unpaired) electrons. The minimum absolute atomic E-state index is 0.667. The smallest absolute Gasteiger partial charge is 0.127 e. The summed E-state index contributed by atoms with van der Waals surface area (Å²) in [5.41, 5.74) is 2.34. The molecule has 0 aliphatic carbocycles. The third kappa shape index (κ3) is 1.21. The Balaban J connectivity index is 2.58. The molecule has 62 valence electrons. The minimum atomic E-state index is 0.667. The van der Waals surface area contributed by atoms with Crippen LogP contribution in [0.25, 0.3) is 5.57 Å². The van der Waals surface area contributed by atoms with Gasteiger partial charge in [-0.2, -0.15) is 0 Å². The summed E-state index contributed by atoms with van der Waals surface area (Å²) in [6.07, 6.45) is 2.05. The van der Waals surface area contributed by atoms with Gasteiger partial charge in [-0.25, -0.2) is 0 Å². The molecule has 1 aliphatic heterocycles. The molecule has 0 aromatic heterocycles. The summed E-state index contributed by atoms with van der Waals surface area (Å²) in [7, 11) is 0. The zero-order valence-electron chi connectivity index (χ0n) is 6.80. The van der Waals surface area contributed by atoms with Gasteiger partial charge in [-0.3, -0.25) is 0 Å². The van der Waals surface area contributed by atoms with Gasteiger partial charge in [0.2, 0.25) is 0 Å². The van der Waals surface area contributed by atoms with E-state index < -0.39 is 0 Å². The predicted molar refractivity (Wildman–Crippen MR) is 50.6 cm³/mol. The fourth-order valence-electron chi connectivity index (χ4n) is 1.30. The van der Waals surface area contributed by atoms with Crippen LogP contribution in [0, 0.1) is 0 Å². The Morgan fingerprint density at radius 1 is 1.42 bits per heavy atom. The van der Waals surface area contributed by atoms with Gasteiger partial charge in [0.25, 0.3) is 0 Å². The van der Waals surface area contributed by atoms with Gasteiger partial charge in [-0.15, -0.1) is 0 Å². The first-order chi connectivity index (χ1) is 5.77. The van der Waals surface area contributed by atoms with E-state index in [0.717, 1.165) is 16.3 Å². The van der Waals surface area contributed by atoms with E-state index in [9.17, 15) is 0 Å². The summed E-state index contributed by atoms with van der Waals surface area (Å²) in [5, 5.41) is 0.756. The van der Waals surface area contributed by atoms with Crippen molar-refractivity contribution in [3.05, 3.63) is 34.9 Å². The van der Waals surface area contributed by atoms with E-state index in [1.54, 1.807) is 0 Å². The maximum absolute atomic E-state index is 5.86. The van der Waals surface area contributed by atoms with Gasteiger partial charge in [0.15, 0.2) is 0 Å². The van der Waals surface area contributed by atoms with E-state index in [0.29, 0.717) is 6.61 Å². The molecule has 0 amide bonds. The first-order valence-electron chi connectivity index (χ1n) is 3.87. The van der Waals surface area contributed by atoms with E-state index in [2.05, 4.69) is 13.0 Å². The number of benzene rings is 1. The van der Waals surface area contributed by atoms with Crippen molar-refractivity contribution in [1.82, 2.24) is 0 Å². The topological polar surface area (TPSA) is 9.23 Å². The summed E-state index contributed by atoms with van der Waals surface area (Å²) in [5.74, 6) is 0.930. The number of ether oxygens (including phenoxy) is 1. The molecule has 0 spiro atoms. The summed E-state index contributed by atoms with van der Waals surface area (Å²) < 4.78 is 5.41. The summed E-state index contributed by atoms with van der Waals surface area (Å²) in [6, 6.07) is 5.69. The van der Waals surface area contributed by atoms with Gasteiger partial charge in [0.05, 0.1) is 0 Å². The highest BCUT2D eigenvalue weighted by Gasteiger charge is 2.09. The van der Waals surface area contributed by atoms with Crippen LogP contribution in [0.5, 0.6) is 5.75 Å². The molecule has 0 fully saturated rings. The highest BCUT2D eigenvalue weighted by atomic mass is 35.5. The van der Waals surface area contributed by atoms with E-state index in [1.165, 1.54) is 5.57 Å². The molecular formula is C10H9ClO. The molecular weight excluding hydrogens is 172 g/mol. The van der Waals surface area contributed by atoms with Crippen LogP contribution in [0.4, 0.5) is 0 Å². The Kier molecular flexibility index (Phi) is 1.81. The van der Waals surface area contributed by atoms with E-state index in [-0.39, 0.29) is 0 Å². The summed E-state index contributed by atoms with van der Waals surface area (Å²) >= 11 is 5.86. The van der Waals surface area contributed by atoms with Crippen molar-refractivity contribution in [2.75, 3.05) is 6.61 Å². The van der Waals surface area contributed by atoms with Crippen molar-refractivity contribution in [2.24, 2.45) is 0 Å². The SMILES string of the molecule is CC1=CCOc2ccc(Cl)cc21. The molecule has 2 rings (SSSR count). The van der Waals surface area contributed by atoms with Crippen LogP contribution in [0.3, 0.4) is 0 Å². The van der Waals surface area contributed by atoms with Crippen LogP contribution in [0.2, 0.25) is 5.02 Å². The van der Waals surface area contributed by atoms with Crippen LogP contribution in [0.15, 0.2) is 24.3 Å². The zero-order valence-corrected chi connectivity index (χ0v) is 7.56. The molecule has 2 heteroatoms. The van der Waals surface area contributed by atoms with Gasteiger partial charge in [0.1, 0.15) is 12.4 Å². The highest BCUT2D eigenvalue weighted by molar-refractivity contribution is 6.30. The molecule has 0 N–H and O–H groups in total. The van der Waals surface area contributed by atoms with Crippen molar-refractivity contribution in [3.63, 3.8) is 0 Å². The van der Waals surface area contributed by atoms with Crippen molar-refractivity contribution in [2.45, 2.75) is 6.92 Å². The second-order valence-corrected chi connectivity index (χ2v) is 3.28. The van der Waals surface area contributed by atoms with Crippen molar-refractivity contribution in [3.8, 4) is 5.75 Å². The van der Waals surface area contributed by atoms with Crippen molar-refractivity contribution in [1.29, 1.82) is 0 Å². The van der Waals surface area contributed by atoms with Crippen LogP contribution in [-0.2, 0) is 0 Å². The maximum atomic E-state index is 5.86. The number of hydrogen-bond donors (Lipinski definition) is 0. The summed E-state index contributed by atoms with van der Waals surface area (Å²) in [6.45, 7) is 2.73. The van der Waals surface area contributed by atoms with Crippen molar-refractivity contribution < 1.29 is 4.74 Å². The zero-order chi connectivity index (χ0) is 8.55. The first kappa shape index (κ1) is 7.69. The Hall–Kier alpha value is -0.950. The molecule has 0 unspecified atom stereocenters. The fourth-order valence-corrected chi connectivity index (χ4v) is 1.47. The van der Waals surface area contributed by atoms with Crippen LogP contribution < -0.4 is 4.74 Å². The normalized spacial score (nSPS) is 14.7. The van der Waals surface area contributed by atoms with Gasteiger partial charge in [-0.1, -0.05) is 11.6 Å². The van der Waals surface area contributed by atoms with Crippen LogP contribution >= 0.6 is 11.6 Å². The van der Waals surface area contributed by atoms with Gasteiger partial charge < -0.3 is 4.74 Å². The van der Waals surface area contributed by atoms with E-state index in [1.807, 2.05) is 18.2 Å². The number of hydrogen-bond acceptors (Lipinski definition) is 1. The lowest BCUT2D eigenvalue weighted by Crippen LogP contribution is -2.02. The van der Waals surface area contributed by atoms with Crippen LogP contribution in [0.1, 0.15) is 12.5 Å². The van der Waals surface area contributed by atoms with Gasteiger partial charge in [-0.05, 0) is 36.8 Å². The Morgan fingerprint density at radius 3 is 3.08 bits per heavy atom. The van der Waals surface area contributed by atoms with E-state index >= 15 is 0 Å². The lowest BCUT2D eigenvalue weighted by molar-refractivity contribution is 0.357. The van der Waals surface area contributed by atoms with Gasteiger partial charge >= 0.3 is 0 Å². The highest BCUT2D eigenvalue weighted by Crippen LogP contribution is 2.31. The fraction of sp³-hybridized carbons (Fsp3) is 0.200. The molecule has 0 bridgehead atoms. The Bertz CT molecular complexity index is 342. The molecule has 1 heterocycles. The minimum Gasteiger partial charge on any atom is -0.489 e. The predicted octanol–water partition coefficient (Wildman–Crippen LogP) is 3.14. The van der Waals surface area contributed by atoms with Gasteiger partial charge in [0, 0.05) is 10.6 Å². The molecule has 1 aliphatic rings. The maximum Gasteiger partial charge on any atom is 0.127 e. The largest absolute Gasteiger partial charge is 0.489 e. The second kappa shape index (κ2) is 2.83. The molecule has 1 nitrogen and oxygen atoms in total.